The number of sulfone groups is 1. The Labute approximate surface area is 128 Å². The highest BCUT2D eigenvalue weighted by Gasteiger charge is 2.15. The molecule has 21 heavy (non-hydrogen) atoms. The molecule has 1 aromatic carbocycles. The summed E-state index contributed by atoms with van der Waals surface area (Å²) in [5, 5.41) is 13.5. The second kappa shape index (κ2) is 7.92. The summed E-state index contributed by atoms with van der Waals surface area (Å²) < 4.78 is 22.8. The number of hydrogen-bond donors (Lipinski definition) is 2. The molecule has 0 amide bonds. The molecule has 0 aromatic heterocycles. The third-order valence-corrected chi connectivity index (χ3v) is 5.21. The van der Waals surface area contributed by atoms with Crippen molar-refractivity contribution in [3.8, 4) is 0 Å². The van der Waals surface area contributed by atoms with E-state index in [1.54, 1.807) is 12.1 Å². The fraction of sp³-hybridized carbons (Fsp3) is 0.625. The van der Waals surface area contributed by atoms with Crippen LogP contribution in [0.5, 0.6) is 0 Å². The number of rotatable bonds is 8. The fourth-order valence-electron chi connectivity index (χ4n) is 2.51. The molecule has 0 saturated carbocycles. The Morgan fingerprint density at radius 1 is 1.14 bits per heavy atom. The van der Waals surface area contributed by atoms with Crippen LogP contribution in [0.2, 0.25) is 0 Å². The van der Waals surface area contributed by atoms with Crippen molar-refractivity contribution in [3.05, 3.63) is 29.8 Å². The minimum atomic E-state index is -3.19. The van der Waals surface area contributed by atoms with Crippen LogP contribution < -0.4 is 5.32 Å². The minimum Gasteiger partial charge on any atom is -0.387 e. The number of aliphatic hydroxyl groups is 1. The molecular weight excluding hydrogens is 286 g/mol. The van der Waals surface area contributed by atoms with Gasteiger partial charge in [0.1, 0.15) is 0 Å². The van der Waals surface area contributed by atoms with Crippen molar-refractivity contribution in [1.82, 2.24) is 5.32 Å². The molecule has 120 valence electrons. The summed E-state index contributed by atoms with van der Waals surface area (Å²) in [7, 11) is -3.19. The van der Waals surface area contributed by atoms with Gasteiger partial charge in [0.2, 0.25) is 0 Å². The van der Waals surface area contributed by atoms with E-state index in [0.717, 1.165) is 18.4 Å². The summed E-state index contributed by atoms with van der Waals surface area (Å²) in [6.07, 6.45) is 2.78. The average Bonchev–Trinajstić information content (AvgIpc) is 2.45. The molecule has 0 heterocycles. The Balaban J connectivity index is 2.62. The van der Waals surface area contributed by atoms with Crippen LogP contribution in [-0.2, 0) is 9.84 Å². The summed E-state index contributed by atoms with van der Waals surface area (Å²) in [6, 6.07) is 6.77. The molecule has 2 N–H and O–H groups in total. The summed E-state index contributed by atoms with van der Waals surface area (Å²) in [4.78, 5) is 0.275. The molecule has 0 aliphatic rings. The van der Waals surface area contributed by atoms with Gasteiger partial charge in [0, 0.05) is 18.8 Å². The van der Waals surface area contributed by atoms with Crippen LogP contribution in [0.15, 0.2) is 29.2 Å². The Bertz CT molecular complexity index is 521. The van der Waals surface area contributed by atoms with Gasteiger partial charge in [-0.2, -0.15) is 0 Å². The van der Waals surface area contributed by atoms with Crippen molar-refractivity contribution >= 4 is 9.84 Å². The highest BCUT2D eigenvalue weighted by molar-refractivity contribution is 7.90. The average molecular weight is 313 g/mol. The lowest BCUT2D eigenvalue weighted by Gasteiger charge is -2.24. The molecule has 2 atom stereocenters. The Hall–Kier alpha value is -0.910. The summed E-state index contributed by atoms with van der Waals surface area (Å²) in [6.45, 7) is 6.95. The molecule has 0 radical (unpaired) electrons. The number of benzene rings is 1. The van der Waals surface area contributed by atoms with Crippen molar-refractivity contribution in [2.75, 3.05) is 12.8 Å². The van der Waals surface area contributed by atoms with E-state index in [1.165, 1.54) is 18.4 Å². The van der Waals surface area contributed by atoms with Crippen molar-refractivity contribution < 1.29 is 13.5 Å². The van der Waals surface area contributed by atoms with Crippen molar-refractivity contribution in [3.63, 3.8) is 0 Å². The van der Waals surface area contributed by atoms with E-state index < -0.39 is 15.9 Å². The maximum absolute atomic E-state index is 11.4. The maximum atomic E-state index is 11.4. The first-order valence-electron chi connectivity index (χ1n) is 7.51. The molecule has 0 aliphatic carbocycles. The molecule has 0 bridgehead atoms. The Kier molecular flexibility index (Phi) is 6.84. The fourth-order valence-corrected chi connectivity index (χ4v) is 3.15. The van der Waals surface area contributed by atoms with Gasteiger partial charge in [-0.1, -0.05) is 38.8 Å². The molecule has 2 unspecified atom stereocenters. The van der Waals surface area contributed by atoms with E-state index in [2.05, 4.69) is 26.1 Å². The number of nitrogens with one attached hydrogen (secondary N) is 1. The van der Waals surface area contributed by atoms with Gasteiger partial charge >= 0.3 is 0 Å². The Morgan fingerprint density at radius 3 is 2.10 bits per heavy atom. The molecule has 0 aliphatic heterocycles. The highest BCUT2D eigenvalue weighted by atomic mass is 32.2. The quantitative estimate of drug-likeness (QED) is 0.774. The lowest BCUT2D eigenvalue weighted by Crippen LogP contribution is -2.35. The van der Waals surface area contributed by atoms with Crippen molar-refractivity contribution in [2.24, 2.45) is 5.92 Å². The molecule has 0 saturated heterocycles. The lowest BCUT2D eigenvalue weighted by molar-refractivity contribution is 0.164. The van der Waals surface area contributed by atoms with Crippen LogP contribution in [0.25, 0.3) is 0 Å². The van der Waals surface area contributed by atoms with E-state index in [1.807, 2.05) is 0 Å². The lowest BCUT2D eigenvalue weighted by atomic mass is 9.95. The minimum absolute atomic E-state index is 0.275. The second-order valence-electron chi connectivity index (χ2n) is 5.63. The molecule has 5 heteroatoms. The van der Waals surface area contributed by atoms with Gasteiger partial charge in [0.15, 0.2) is 9.84 Å². The first-order chi connectivity index (χ1) is 9.79. The van der Waals surface area contributed by atoms with Crippen LogP contribution in [-0.4, -0.2) is 32.4 Å². The zero-order valence-corrected chi connectivity index (χ0v) is 14.2. The van der Waals surface area contributed by atoms with Gasteiger partial charge in [-0.3, -0.25) is 0 Å². The van der Waals surface area contributed by atoms with Gasteiger partial charge < -0.3 is 10.4 Å². The predicted octanol–water partition coefficient (Wildman–Crippen LogP) is 2.54. The van der Waals surface area contributed by atoms with Crippen LogP contribution in [0, 0.1) is 5.92 Å². The van der Waals surface area contributed by atoms with Crippen molar-refractivity contribution in [2.45, 2.75) is 50.7 Å². The van der Waals surface area contributed by atoms with Crippen LogP contribution in [0.3, 0.4) is 0 Å². The van der Waals surface area contributed by atoms with Gasteiger partial charge in [0.25, 0.3) is 0 Å². The Morgan fingerprint density at radius 2 is 1.67 bits per heavy atom. The van der Waals surface area contributed by atoms with Crippen molar-refractivity contribution in [1.29, 1.82) is 0 Å². The zero-order valence-electron chi connectivity index (χ0n) is 13.3. The normalized spacial score (nSPS) is 15.1. The highest BCUT2D eigenvalue weighted by Crippen LogP contribution is 2.17. The van der Waals surface area contributed by atoms with E-state index in [0.29, 0.717) is 18.5 Å². The molecular formula is C16H27NO3S. The summed E-state index contributed by atoms with van der Waals surface area (Å²) in [5.74, 6) is 0.602. The maximum Gasteiger partial charge on any atom is 0.175 e. The van der Waals surface area contributed by atoms with Crippen LogP contribution in [0.1, 0.15) is 45.3 Å². The first kappa shape index (κ1) is 18.1. The summed E-state index contributed by atoms with van der Waals surface area (Å²) >= 11 is 0. The van der Waals surface area contributed by atoms with Gasteiger partial charge in [-0.25, -0.2) is 8.42 Å². The molecule has 1 aromatic rings. The number of aliphatic hydroxyl groups excluding tert-OH is 1. The first-order valence-corrected chi connectivity index (χ1v) is 9.40. The SMILES string of the molecule is CCC(CC)C(C)NCC(O)c1ccc(S(C)(=O)=O)cc1. The van der Waals surface area contributed by atoms with Gasteiger partial charge in [-0.15, -0.1) is 0 Å². The smallest absolute Gasteiger partial charge is 0.175 e. The topological polar surface area (TPSA) is 66.4 Å². The molecule has 0 fully saturated rings. The van der Waals surface area contributed by atoms with E-state index in [-0.39, 0.29) is 4.90 Å². The van der Waals surface area contributed by atoms with Gasteiger partial charge in [0.05, 0.1) is 11.0 Å². The van der Waals surface area contributed by atoms with Crippen LogP contribution >= 0.6 is 0 Å². The largest absolute Gasteiger partial charge is 0.387 e. The monoisotopic (exact) mass is 313 g/mol. The number of hydrogen-bond acceptors (Lipinski definition) is 4. The zero-order chi connectivity index (χ0) is 16.0. The third kappa shape index (κ3) is 5.41. The molecule has 0 spiro atoms. The second-order valence-corrected chi connectivity index (χ2v) is 7.65. The van der Waals surface area contributed by atoms with E-state index >= 15 is 0 Å². The van der Waals surface area contributed by atoms with E-state index in [4.69, 9.17) is 0 Å². The third-order valence-electron chi connectivity index (χ3n) is 4.08. The van der Waals surface area contributed by atoms with Gasteiger partial charge in [-0.05, 0) is 30.5 Å². The van der Waals surface area contributed by atoms with E-state index in [9.17, 15) is 13.5 Å². The van der Waals surface area contributed by atoms with Crippen LogP contribution in [0.4, 0.5) is 0 Å². The summed E-state index contributed by atoms with van der Waals surface area (Å²) in [5.41, 5.74) is 0.728. The molecule has 4 nitrogen and oxygen atoms in total. The standard InChI is InChI=1S/C16H27NO3S/c1-5-13(6-2)12(3)17-11-16(18)14-7-9-15(10-8-14)21(4,19)20/h7-10,12-13,16-18H,5-6,11H2,1-4H3. The predicted molar refractivity (Wildman–Crippen MR) is 86.0 cm³/mol. The molecule has 1 rings (SSSR count).